The van der Waals surface area contributed by atoms with Crippen LogP contribution in [0.4, 0.5) is 11.4 Å². The molecule has 0 bridgehead atoms. The number of carbonyl (C=O) groups is 6. The summed E-state index contributed by atoms with van der Waals surface area (Å²) in [4.78, 5) is 108. The fourth-order valence-corrected chi connectivity index (χ4v) is 9.67. The molecule has 5 amide bonds. The number of rotatable bonds is 25. The number of amides is 5. The van der Waals surface area contributed by atoms with Crippen molar-refractivity contribution in [1.29, 1.82) is 0 Å². The van der Waals surface area contributed by atoms with Crippen LogP contribution in [0, 0.1) is 6.92 Å². The highest BCUT2D eigenvalue weighted by atomic mass is 16.6. The van der Waals surface area contributed by atoms with Gasteiger partial charge in [0.1, 0.15) is 17.5 Å². The van der Waals surface area contributed by atoms with Gasteiger partial charge in [0, 0.05) is 68.2 Å². The molecule has 1 saturated carbocycles. The molecule has 1 unspecified atom stereocenters. The summed E-state index contributed by atoms with van der Waals surface area (Å²) in [7, 11) is 0. The minimum atomic E-state index is -1.02. The summed E-state index contributed by atoms with van der Waals surface area (Å²) in [6, 6.07) is 7.87. The highest BCUT2D eigenvalue weighted by Crippen LogP contribution is 2.33. The predicted octanol–water partition coefficient (Wildman–Crippen LogP) is 3.04. The quantitative estimate of drug-likeness (QED) is 0.0551. The van der Waals surface area contributed by atoms with Crippen LogP contribution in [0.5, 0.6) is 0 Å². The molecule has 2 saturated heterocycles. The average Bonchev–Trinajstić information content (AvgIpc) is 3.99. The van der Waals surface area contributed by atoms with Crippen molar-refractivity contribution >= 4 is 57.7 Å². The zero-order chi connectivity index (χ0) is 50.6. The topological polar surface area (TPSA) is 243 Å². The Morgan fingerprint density at radius 2 is 1.43 bits per heavy atom. The average molecular weight is 994 g/mol. The van der Waals surface area contributed by atoms with Gasteiger partial charge in [0.2, 0.25) is 17.7 Å². The molecule has 2 N–H and O–H groups in total. The number of aryl methyl sites for hydroxylation is 1. The third-order valence-electron chi connectivity index (χ3n) is 13.4. The first-order valence-electron chi connectivity index (χ1n) is 24.9. The second-order valence-electron chi connectivity index (χ2n) is 18.2. The zero-order valence-electron chi connectivity index (χ0n) is 41.0. The van der Waals surface area contributed by atoms with Crippen LogP contribution in [-0.4, -0.2) is 169 Å². The Hall–Kier alpha value is -6.52. The van der Waals surface area contributed by atoms with Crippen LogP contribution in [0.3, 0.4) is 0 Å². The zero-order valence-corrected chi connectivity index (χ0v) is 41.0. The van der Waals surface area contributed by atoms with Gasteiger partial charge in [-0.1, -0.05) is 18.9 Å². The molecule has 3 fully saturated rings. The molecule has 4 aliphatic rings. The van der Waals surface area contributed by atoms with E-state index in [2.05, 4.69) is 20.5 Å². The maximum Gasteiger partial charge on any atom is 0.264 e. The number of ether oxygens (including phenoxy) is 5. The number of pyridine rings is 2. The summed E-state index contributed by atoms with van der Waals surface area (Å²) in [5.74, 6) is -1.84. The monoisotopic (exact) mass is 993 g/mol. The van der Waals surface area contributed by atoms with Gasteiger partial charge in [-0.15, -0.1) is 0 Å². The van der Waals surface area contributed by atoms with E-state index in [1.165, 1.54) is 6.92 Å². The van der Waals surface area contributed by atoms with Crippen molar-refractivity contribution in [3.05, 3.63) is 86.9 Å². The molecular weight excluding hydrogens is 931 g/mol. The standard InChI is InChI=1S/C51H63N9O12/c1-33-39-32-54-42(55-47(39)59(36-6-3-4-7-36)50(66)45(33)34(2)61)30-35-10-11-37(31-53-35)57-16-18-58(19-17-57)44(63)14-20-68-22-24-70-26-28-72-29-27-71-25-23-69-21-15-52-40-9-5-8-38-46(40)51(67)60(49(38)65)41-12-13-43(62)56-48(41)64/h5,8-11,31-32,36,41,52H,3-4,6-7,12-30H2,1-2H3,(H,56,62,64). The summed E-state index contributed by atoms with van der Waals surface area (Å²) in [6.45, 7) is 9.84. The number of piperazine rings is 1. The fraction of sp³-hybridized carbons (Fsp3) is 0.529. The number of benzene rings is 1. The Labute approximate surface area is 416 Å². The first-order chi connectivity index (χ1) is 35.0. The van der Waals surface area contributed by atoms with Crippen LogP contribution >= 0.6 is 0 Å². The van der Waals surface area contributed by atoms with Crippen molar-refractivity contribution in [2.24, 2.45) is 0 Å². The lowest BCUT2D eigenvalue weighted by Crippen LogP contribution is -2.54. The van der Waals surface area contributed by atoms with Crippen molar-refractivity contribution < 1.29 is 52.5 Å². The smallest absolute Gasteiger partial charge is 0.264 e. The fourth-order valence-electron chi connectivity index (χ4n) is 9.67. The first-order valence-corrected chi connectivity index (χ1v) is 24.9. The van der Waals surface area contributed by atoms with Crippen molar-refractivity contribution in [3.8, 4) is 0 Å². The number of carbonyl (C=O) groups excluding carboxylic acids is 6. The molecule has 3 aromatic heterocycles. The minimum Gasteiger partial charge on any atom is -0.382 e. The van der Waals surface area contributed by atoms with Gasteiger partial charge in [-0.2, -0.15) is 0 Å². The molecule has 6 heterocycles. The molecule has 0 radical (unpaired) electrons. The third kappa shape index (κ3) is 12.4. The third-order valence-corrected chi connectivity index (χ3v) is 13.4. The largest absolute Gasteiger partial charge is 0.382 e. The Bertz CT molecular complexity index is 2680. The summed E-state index contributed by atoms with van der Waals surface area (Å²) >= 11 is 0. The Kier molecular flexibility index (Phi) is 17.8. The number of hydrogen-bond acceptors (Lipinski definition) is 17. The maximum atomic E-state index is 13.6. The lowest BCUT2D eigenvalue weighted by Gasteiger charge is -2.36. The Morgan fingerprint density at radius 3 is 2.07 bits per heavy atom. The van der Waals surface area contributed by atoms with Crippen LogP contribution in [0.25, 0.3) is 11.0 Å². The molecule has 8 rings (SSSR count). The predicted molar refractivity (Wildman–Crippen MR) is 262 cm³/mol. The molecule has 3 aliphatic heterocycles. The minimum absolute atomic E-state index is 0.0149. The highest BCUT2D eigenvalue weighted by molar-refractivity contribution is 6.25. The van der Waals surface area contributed by atoms with Crippen LogP contribution < -0.4 is 21.1 Å². The number of ketones is 1. The van der Waals surface area contributed by atoms with Gasteiger partial charge in [0.15, 0.2) is 5.78 Å². The first kappa shape index (κ1) is 51.8. The Balaban J connectivity index is 0.627. The van der Waals surface area contributed by atoms with E-state index in [1.807, 2.05) is 23.2 Å². The normalized spacial score (nSPS) is 17.3. The van der Waals surface area contributed by atoms with Gasteiger partial charge < -0.3 is 38.8 Å². The van der Waals surface area contributed by atoms with Crippen molar-refractivity contribution in [2.45, 2.75) is 77.3 Å². The van der Waals surface area contributed by atoms with E-state index in [1.54, 1.807) is 35.9 Å². The number of anilines is 2. The van der Waals surface area contributed by atoms with Crippen LogP contribution in [0.15, 0.2) is 47.5 Å². The molecule has 4 aromatic rings. The van der Waals surface area contributed by atoms with E-state index in [0.29, 0.717) is 134 Å². The summed E-state index contributed by atoms with van der Waals surface area (Å²) in [6.07, 6.45) is 8.24. The molecule has 0 spiro atoms. The van der Waals surface area contributed by atoms with Gasteiger partial charge >= 0.3 is 0 Å². The molecule has 72 heavy (non-hydrogen) atoms. The van der Waals surface area contributed by atoms with Crippen LogP contribution in [0.2, 0.25) is 0 Å². The number of nitrogens with one attached hydrogen (secondary N) is 2. The molecule has 384 valence electrons. The van der Waals surface area contributed by atoms with E-state index in [0.717, 1.165) is 47.4 Å². The van der Waals surface area contributed by atoms with E-state index < -0.39 is 29.7 Å². The van der Waals surface area contributed by atoms with Crippen molar-refractivity contribution in [2.75, 3.05) is 109 Å². The number of fused-ring (bicyclic) bond motifs is 2. The lowest BCUT2D eigenvalue weighted by atomic mass is 10.0. The van der Waals surface area contributed by atoms with Crippen LogP contribution in [0.1, 0.15) is 106 Å². The number of piperidine rings is 1. The van der Waals surface area contributed by atoms with Gasteiger partial charge in [-0.25, -0.2) is 9.97 Å². The van der Waals surface area contributed by atoms with E-state index >= 15 is 0 Å². The second-order valence-corrected chi connectivity index (χ2v) is 18.2. The molecule has 21 heteroatoms. The number of imide groups is 2. The van der Waals surface area contributed by atoms with Gasteiger partial charge in [-0.3, -0.25) is 53.3 Å². The van der Waals surface area contributed by atoms with Gasteiger partial charge in [0.25, 0.3) is 17.4 Å². The van der Waals surface area contributed by atoms with Crippen LogP contribution in [-0.2, 0) is 44.5 Å². The molecule has 1 aromatic carbocycles. The number of aromatic nitrogens is 4. The van der Waals surface area contributed by atoms with Crippen molar-refractivity contribution in [1.82, 2.24) is 34.6 Å². The second kappa shape index (κ2) is 24.7. The number of Topliss-reactive ketones (excluding diaryl/α,β-unsaturated/α-hetero) is 1. The number of hydrogen-bond donors (Lipinski definition) is 2. The summed E-state index contributed by atoms with van der Waals surface area (Å²) in [5.41, 5.74) is 3.79. The van der Waals surface area contributed by atoms with Gasteiger partial charge in [-0.05, 0) is 62.9 Å². The lowest BCUT2D eigenvalue weighted by molar-refractivity contribution is -0.136. The van der Waals surface area contributed by atoms with Gasteiger partial charge in [0.05, 0.1) is 107 Å². The Morgan fingerprint density at radius 1 is 0.764 bits per heavy atom. The molecular formula is C51H63N9O12. The summed E-state index contributed by atoms with van der Waals surface area (Å²) in [5, 5.41) is 6.06. The maximum absolute atomic E-state index is 13.6. The highest BCUT2D eigenvalue weighted by Gasteiger charge is 2.45. The molecule has 1 aliphatic carbocycles. The summed E-state index contributed by atoms with van der Waals surface area (Å²) < 4.78 is 29.7. The number of nitrogens with zero attached hydrogens (tertiary/aromatic N) is 7. The SMILES string of the molecule is CC(=O)c1c(C)c2cnc(Cc3ccc(N4CCN(C(=O)CCOCCOCCOCCOCCOCCNc5cccc6c5C(=O)N(C5CCC(=O)NC5=O)C6=O)CC4)cn3)nc2n(C2CCCC2)c1=O. The van der Waals surface area contributed by atoms with E-state index in [4.69, 9.17) is 33.7 Å². The molecule has 1 atom stereocenters. The molecule has 21 nitrogen and oxygen atoms in total. The van der Waals surface area contributed by atoms with E-state index in [9.17, 15) is 33.6 Å². The van der Waals surface area contributed by atoms with Crippen molar-refractivity contribution in [3.63, 3.8) is 0 Å². The van der Waals surface area contributed by atoms with E-state index in [-0.39, 0.29) is 52.8 Å².